The van der Waals surface area contributed by atoms with Gasteiger partial charge >= 0.3 is 0 Å². The lowest BCUT2D eigenvalue weighted by atomic mass is 9.79. The van der Waals surface area contributed by atoms with Crippen molar-refractivity contribution in [3.63, 3.8) is 0 Å². The summed E-state index contributed by atoms with van der Waals surface area (Å²) in [6, 6.07) is 8.13. The van der Waals surface area contributed by atoms with Crippen molar-refractivity contribution in [2.45, 2.75) is 31.7 Å². The van der Waals surface area contributed by atoms with E-state index in [4.69, 9.17) is 26.4 Å². The van der Waals surface area contributed by atoms with Gasteiger partial charge in [-0.25, -0.2) is 4.98 Å². The third-order valence-electron chi connectivity index (χ3n) is 5.77. The molecule has 0 saturated heterocycles. The molecule has 3 aromatic rings. The molecule has 1 unspecified atom stereocenters. The van der Waals surface area contributed by atoms with E-state index < -0.39 is 5.41 Å². The zero-order chi connectivity index (χ0) is 19.8. The van der Waals surface area contributed by atoms with Gasteiger partial charge in [-0.15, -0.1) is 11.3 Å². The predicted octanol–water partition coefficient (Wildman–Crippen LogP) is 3.95. The van der Waals surface area contributed by atoms with Crippen LogP contribution in [0, 0.1) is 0 Å². The molecule has 0 amide bonds. The summed E-state index contributed by atoms with van der Waals surface area (Å²) in [6.45, 7) is 5.73. The van der Waals surface area contributed by atoms with Gasteiger partial charge < -0.3 is 14.2 Å². The van der Waals surface area contributed by atoms with E-state index in [1.54, 1.807) is 11.3 Å². The zero-order valence-corrected chi connectivity index (χ0v) is 17.7. The second kappa shape index (κ2) is 5.96. The van der Waals surface area contributed by atoms with E-state index in [2.05, 4.69) is 46.8 Å². The number of nitrogens with zero attached hydrogens (tertiary/aromatic N) is 3. The fourth-order valence-electron chi connectivity index (χ4n) is 4.34. The molecule has 0 fully saturated rings. The Bertz CT molecular complexity index is 1150. The fourth-order valence-corrected chi connectivity index (χ4v) is 5.66. The smallest absolute Gasteiger partial charge is 0.231 e. The largest absolute Gasteiger partial charge is 0.491 e. The maximum absolute atomic E-state index is 6.12. The van der Waals surface area contributed by atoms with E-state index in [9.17, 15) is 0 Å². The molecule has 29 heavy (non-hydrogen) atoms. The first-order valence-corrected chi connectivity index (χ1v) is 10.8. The van der Waals surface area contributed by atoms with Crippen LogP contribution in [-0.4, -0.2) is 28.0 Å². The summed E-state index contributed by atoms with van der Waals surface area (Å²) in [7, 11) is 0. The standard InChI is InChI=1S/C21H19N3O3S2/c1-12(2)19-22-8-13(29-19)9-24-20(28)21(18-4-3-5-23(18)24)10-25-15-7-17-16(6-14(15)21)26-11-27-17/h3-8,12H,9-11H2,1-2H3. The van der Waals surface area contributed by atoms with Crippen LogP contribution in [0.4, 0.5) is 0 Å². The van der Waals surface area contributed by atoms with E-state index in [0.717, 1.165) is 38.5 Å². The van der Waals surface area contributed by atoms with Gasteiger partial charge in [0.15, 0.2) is 11.5 Å². The van der Waals surface area contributed by atoms with Crippen LogP contribution in [0.1, 0.15) is 40.9 Å². The molecule has 2 aromatic heterocycles. The van der Waals surface area contributed by atoms with Crippen molar-refractivity contribution < 1.29 is 14.2 Å². The monoisotopic (exact) mass is 425 g/mol. The molecule has 6 rings (SSSR count). The molecule has 5 heterocycles. The molecule has 148 valence electrons. The fraction of sp³-hybridized carbons (Fsp3) is 0.333. The van der Waals surface area contributed by atoms with Crippen LogP contribution in [0.5, 0.6) is 17.2 Å². The third kappa shape index (κ3) is 2.27. The molecule has 8 heteroatoms. The van der Waals surface area contributed by atoms with Crippen LogP contribution in [0.2, 0.25) is 0 Å². The minimum atomic E-state index is -0.499. The van der Waals surface area contributed by atoms with Crippen LogP contribution in [0.25, 0.3) is 0 Å². The number of thiazole rings is 1. The molecule has 1 spiro atoms. The second-order valence-electron chi connectivity index (χ2n) is 7.82. The van der Waals surface area contributed by atoms with E-state index in [1.807, 2.05) is 18.3 Å². The SMILES string of the molecule is CC(C)c1ncc(CN2C(=S)C3(COc4cc5c(cc43)OCO5)c3cccn32)s1. The van der Waals surface area contributed by atoms with Crippen LogP contribution >= 0.6 is 23.6 Å². The lowest BCUT2D eigenvalue weighted by Crippen LogP contribution is -2.42. The van der Waals surface area contributed by atoms with Gasteiger partial charge in [0.1, 0.15) is 22.8 Å². The van der Waals surface area contributed by atoms with Crippen molar-refractivity contribution in [1.29, 1.82) is 0 Å². The summed E-state index contributed by atoms with van der Waals surface area (Å²) in [5, 5.41) is 3.31. The first-order valence-electron chi connectivity index (χ1n) is 9.59. The Hall–Kier alpha value is -2.58. The van der Waals surface area contributed by atoms with Crippen molar-refractivity contribution in [3.05, 3.63) is 57.8 Å². The summed E-state index contributed by atoms with van der Waals surface area (Å²) in [4.78, 5) is 6.61. The molecule has 0 radical (unpaired) electrons. The van der Waals surface area contributed by atoms with Crippen LogP contribution in [0.15, 0.2) is 36.7 Å². The van der Waals surface area contributed by atoms with Gasteiger partial charge in [-0.1, -0.05) is 26.1 Å². The molecule has 0 bridgehead atoms. The topological polar surface area (TPSA) is 48.8 Å². The van der Waals surface area contributed by atoms with Crippen molar-refractivity contribution in [1.82, 2.24) is 9.66 Å². The summed E-state index contributed by atoms with van der Waals surface area (Å²) in [6.07, 6.45) is 4.03. The highest BCUT2D eigenvalue weighted by Gasteiger charge is 2.55. The number of hydrogen-bond donors (Lipinski definition) is 0. The number of ether oxygens (including phenoxy) is 3. The van der Waals surface area contributed by atoms with Crippen LogP contribution < -0.4 is 19.2 Å². The summed E-state index contributed by atoms with van der Waals surface area (Å²) in [5.74, 6) is 2.71. The summed E-state index contributed by atoms with van der Waals surface area (Å²) in [5.41, 5.74) is 1.66. The number of hydrogen-bond acceptors (Lipinski definition) is 6. The highest BCUT2D eigenvalue weighted by molar-refractivity contribution is 7.80. The van der Waals surface area contributed by atoms with E-state index >= 15 is 0 Å². The Morgan fingerprint density at radius 1 is 1.21 bits per heavy atom. The number of thiocarbonyl (C=S) groups is 1. The van der Waals surface area contributed by atoms with Crippen molar-refractivity contribution in [3.8, 4) is 17.2 Å². The maximum atomic E-state index is 6.12. The molecule has 1 aromatic carbocycles. The zero-order valence-electron chi connectivity index (χ0n) is 16.0. The Labute approximate surface area is 177 Å². The Balaban J connectivity index is 1.43. The minimum Gasteiger partial charge on any atom is -0.491 e. The molecule has 6 nitrogen and oxygen atoms in total. The highest BCUT2D eigenvalue weighted by Crippen LogP contribution is 2.52. The number of benzene rings is 1. The second-order valence-corrected chi connectivity index (χ2v) is 9.35. The number of rotatable bonds is 3. The molecule has 3 aliphatic heterocycles. The van der Waals surface area contributed by atoms with Crippen molar-refractivity contribution in [2.24, 2.45) is 0 Å². The highest BCUT2D eigenvalue weighted by atomic mass is 32.1. The normalized spacial score (nSPS) is 21.2. The van der Waals surface area contributed by atoms with Gasteiger partial charge in [0.2, 0.25) is 6.79 Å². The summed E-state index contributed by atoms with van der Waals surface area (Å²) < 4.78 is 19.4. The van der Waals surface area contributed by atoms with E-state index in [-0.39, 0.29) is 6.79 Å². The molecule has 0 N–H and O–H groups in total. The van der Waals surface area contributed by atoms with Gasteiger partial charge in [-0.3, -0.25) is 9.69 Å². The van der Waals surface area contributed by atoms with E-state index in [0.29, 0.717) is 19.1 Å². The minimum absolute atomic E-state index is 0.238. The predicted molar refractivity (Wildman–Crippen MR) is 114 cm³/mol. The average molecular weight is 426 g/mol. The molecule has 0 saturated carbocycles. The summed E-state index contributed by atoms with van der Waals surface area (Å²) >= 11 is 7.82. The Morgan fingerprint density at radius 3 is 2.83 bits per heavy atom. The molecular weight excluding hydrogens is 406 g/mol. The van der Waals surface area contributed by atoms with Gasteiger partial charge in [-0.05, 0) is 18.2 Å². The Morgan fingerprint density at radius 2 is 2.03 bits per heavy atom. The number of aromatic nitrogens is 2. The van der Waals surface area contributed by atoms with Gasteiger partial charge in [0, 0.05) is 34.8 Å². The quantitative estimate of drug-likeness (QED) is 0.592. The average Bonchev–Trinajstić information content (AvgIpc) is 3.50. The van der Waals surface area contributed by atoms with E-state index in [1.165, 1.54) is 4.88 Å². The van der Waals surface area contributed by atoms with Crippen molar-refractivity contribution in [2.75, 3.05) is 18.4 Å². The lowest BCUT2D eigenvalue weighted by Gasteiger charge is -2.25. The van der Waals surface area contributed by atoms with Gasteiger partial charge in [-0.2, -0.15) is 0 Å². The molecular formula is C21H19N3O3S2. The lowest BCUT2D eigenvalue weighted by molar-refractivity contribution is 0.173. The maximum Gasteiger partial charge on any atom is 0.231 e. The molecule has 1 atom stereocenters. The first kappa shape index (κ1) is 17.3. The van der Waals surface area contributed by atoms with Gasteiger partial charge in [0.05, 0.1) is 17.2 Å². The van der Waals surface area contributed by atoms with Crippen LogP contribution in [0.3, 0.4) is 0 Å². The van der Waals surface area contributed by atoms with Crippen molar-refractivity contribution >= 4 is 28.5 Å². The first-order chi connectivity index (χ1) is 14.1. The number of fused-ring (bicyclic) bond motifs is 5. The molecule has 0 aliphatic carbocycles. The molecule has 3 aliphatic rings. The van der Waals surface area contributed by atoms with Gasteiger partial charge in [0.25, 0.3) is 0 Å². The Kier molecular flexibility index (Phi) is 3.56. The van der Waals surface area contributed by atoms with Crippen LogP contribution in [-0.2, 0) is 12.0 Å². The third-order valence-corrected chi connectivity index (χ3v) is 7.62.